The molecule has 28 heavy (non-hydrogen) atoms. The first-order chi connectivity index (χ1) is 13.3. The molecule has 0 spiro atoms. The average molecular weight is 407 g/mol. The van der Waals surface area contributed by atoms with E-state index in [-0.39, 0.29) is 41.9 Å². The summed E-state index contributed by atoms with van der Waals surface area (Å²) >= 11 is 0. The van der Waals surface area contributed by atoms with Crippen molar-refractivity contribution in [2.24, 2.45) is 5.10 Å². The predicted octanol–water partition coefficient (Wildman–Crippen LogP) is 1.21. The summed E-state index contributed by atoms with van der Waals surface area (Å²) in [7, 11) is -1.46. The molecule has 8 nitrogen and oxygen atoms in total. The van der Waals surface area contributed by atoms with E-state index in [4.69, 9.17) is 4.74 Å². The Morgan fingerprint density at radius 3 is 2.61 bits per heavy atom. The van der Waals surface area contributed by atoms with Crippen molar-refractivity contribution in [3.05, 3.63) is 29.8 Å². The van der Waals surface area contributed by atoms with Crippen molar-refractivity contribution in [3.8, 4) is 5.75 Å². The molecule has 1 atom stereocenters. The minimum absolute atomic E-state index is 0.0535. The quantitative estimate of drug-likeness (QED) is 0.706. The molecule has 1 unspecified atom stereocenters. The summed E-state index contributed by atoms with van der Waals surface area (Å²) < 4.78 is 28.8. The first-order valence-electron chi connectivity index (χ1n) is 9.36. The van der Waals surface area contributed by atoms with E-state index in [1.165, 1.54) is 5.01 Å². The second-order valence-electron chi connectivity index (χ2n) is 7.08. The number of carbonyl (C=O) groups is 2. The van der Waals surface area contributed by atoms with Crippen molar-refractivity contribution >= 4 is 27.4 Å². The maximum atomic E-state index is 12.8. The third-order valence-corrected chi connectivity index (χ3v) is 6.61. The van der Waals surface area contributed by atoms with Gasteiger partial charge in [-0.15, -0.1) is 0 Å². The van der Waals surface area contributed by atoms with Gasteiger partial charge in [-0.05, 0) is 31.0 Å². The number of hydrogen-bond acceptors (Lipinski definition) is 6. The van der Waals surface area contributed by atoms with Crippen LogP contribution in [0.2, 0.25) is 0 Å². The standard InChI is InChI=1S/C19H25N3O5S/c1-3-27-16-6-4-14(5-7-16)12-21(2)19(24)17-8-9-18(23)22(20-17)15-10-11-28(25,26)13-15/h4-7,15H,3,8-13H2,1-2H3. The highest BCUT2D eigenvalue weighted by molar-refractivity contribution is 7.91. The van der Waals surface area contributed by atoms with Crippen LogP contribution in [-0.2, 0) is 26.0 Å². The Bertz CT molecular complexity index is 879. The van der Waals surface area contributed by atoms with Gasteiger partial charge < -0.3 is 9.64 Å². The fraction of sp³-hybridized carbons (Fsp3) is 0.526. The van der Waals surface area contributed by atoms with E-state index in [9.17, 15) is 18.0 Å². The maximum absolute atomic E-state index is 12.8. The van der Waals surface area contributed by atoms with Crippen LogP contribution in [0.3, 0.4) is 0 Å². The molecular weight excluding hydrogens is 382 g/mol. The number of hydrogen-bond donors (Lipinski definition) is 0. The topological polar surface area (TPSA) is 96.3 Å². The van der Waals surface area contributed by atoms with Gasteiger partial charge in [-0.2, -0.15) is 5.10 Å². The molecule has 0 radical (unpaired) electrons. The number of rotatable bonds is 6. The van der Waals surface area contributed by atoms with Gasteiger partial charge in [-0.1, -0.05) is 12.1 Å². The Labute approximate surface area is 165 Å². The molecule has 0 aromatic heterocycles. The number of amides is 2. The van der Waals surface area contributed by atoms with Gasteiger partial charge in [0.25, 0.3) is 5.91 Å². The lowest BCUT2D eigenvalue weighted by Gasteiger charge is -2.29. The second-order valence-corrected chi connectivity index (χ2v) is 9.31. The summed E-state index contributed by atoms with van der Waals surface area (Å²) in [5.41, 5.74) is 1.24. The molecule has 3 rings (SSSR count). The summed E-state index contributed by atoms with van der Waals surface area (Å²) in [6.45, 7) is 2.91. The number of sulfone groups is 1. The minimum atomic E-state index is -3.14. The van der Waals surface area contributed by atoms with Crippen LogP contribution in [-0.4, -0.2) is 67.1 Å². The molecule has 2 aliphatic rings. The second kappa shape index (κ2) is 8.30. The summed E-state index contributed by atoms with van der Waals surface area (Å²) in [6.07, 6.45) is 0.792. The molecular formula is C19H25N3O5S. The fourth-order valence-corrected chi connectivity index (χ4v) is 5.09. The van der Waals surface area contributed by atoms with Crippen LogP contribution in [0.1, 0.15) is 31.7 Å². The van der Waals surface area contributed by atoms with Crippen molar-refractivity contribution < 1.29 is 22.7 Å². The van der Waals surface area contributed by atoms with Crippen molar-refractivity contribution in [1.82, 2.24) is 9.91 Å². The van der Waals surface area contributed by atoms with Crippen LogP contribution in [0, 0.1) is 0 Å². The van der Waals surface area contributed by atoms with Gasteiger partial charge in [0.2, 0.25) is 5.91 Å². The highest BCUT2D eigenvalue weighted by Crippen LogP contribution is 2.23. The Morgan fingerprint density at radius 1 is 1.29 bits per heavy atom. The molecule has 1 fully saturated rings. The largest absolute Gasteiger partial charge is 0.494 e. The van der Waals surface area contributed by atoms with Gasteiger partial charge in [0.15, 0.2) is 9.84 Å². The molecule has 2 aliphatic heterocycles. The van der Waals surface area contributed by atoms with Gasteiger partial charge in [-0.25, -0.2) is 13.4 Å². The van der Waals surface area contributed by atoms with Crippen LogP contribution >= 0.6 is 0 Å². The molecule has 0 saturated carbocycles. The number of hydrazone groups is 1. The van der Waals surface area contributed by atoms with E-state index < -0.39 is 15.9 Å². The third kappa shape index (κ3) is 4.70. The first-order valence-corrected chi connectivity index (χ1v) is 11.2. The molecule has 0 bridgehead atoms. The number of nitrogens with zero attached hydrogens (tertiary/aromatic N) is 3. The van der Waals surface area contributed by atoms with E-state index >= 15 is 0 Å². The monoisotopic (exact) mass is 407 g/mol. The van der Waals surface area contributed by atoms with Crippen LogP contribution < -0.4 is 4.74 Å². The van der Waals surface area contributed by atoms with Crippen molar-refractivity contribution in [2.45, 2.75) is 38.8 Å². The highest BCUT2D eigenvalue weighted by atomic mass is 32.2. The zero-order valence-corrected chi connectivity index (χ0v) is 16.9. The zero-order valence-electron chi connectivity index (χ0n) is 16.1. The Morgan fingerprint density at radius 2 is 2.00 bits per heavy atom. The fourth-order valence-electron chi connectivity index (χ4n) is 3.40. The van der Waals surface area contributed by atoms with Gasteiger partial charge in [0, 0.05) is 26.4 Å². The summed E-state index contributed by atoms with van der Waals surface area (Å²) in [5.74, 6) is 0.251. The number of ether oxygens (including phenoxy) is 1. The van der Waals surface area contributed by atoms with Crippen molar-refractivity contribution in [3.63, 3.8) is 0 Å². The lowest BCUT2D eigenvalue weighted by atomic mass is 10.1. The lowest BCUT2D eigenvalue weighted by molar-refractivity contribution is -0.134. The molecule has 0 N–H and O–H groups in total. The summed E-state index contributed by atoms with van der Waals surface area (Å²) in [5, 5.41) is 5.45. The first kappa shape index (κ1) is 20.3. The van der Waals surface area contributed by atoms with Crippen LogP contribution in [0.5, 0.6) is 5.75 Å². The molecule has 152 valence electrons. The van der Waals surface area contributed by atoms with E-state index in [1.807, 2.05) is 31.2 Å². The van der Waals surface area contributed by atoms with E-state index in [0.29, 0.717) is 19.6 Å². The molecule has 2 amide bonds. The predicted molar refractivity (Wildman–Crippen MR) is 105 cm³/mol. The molecule has 1 saturated heterocycles. The van der Waals surface area contributed by atoms with Gasteiger partial charge in [-0.3, -0.25) is 9.59 Å². The smallest absolute Gasteiger partial charge is 0.270 e. The number of carbonyl (C=O) groups excluding carboxylic acids is 2. The highest BCUT2D eigenvalue weighted by Gasteiger charge is 2.37. The average Bonchev–Trinajstić information content (AvgIpc) is 3.03. The maximum Gasteiger partial charge on any atom is 0.270 e. The Hall–Kier alpha value is -2.42. The van der Waals surface area contributed by atoms with Gasteiger partial charge >= 0.3 is 0 Å². The van der Waals surface area contributed by atoms with Crippen LogP contribution in [0.15, 0.2) is 29.4 Å². The van der Waals surface area contributed by atoms with Crippen molar-refractivity contribution in [1.29, 1.82) is 0 Å². The van der Waals surface area contributed by atoms with Crippen molar-refractivity contribution in [2.75, 3.05) is 25.2 Å². The minimum Gasteiger partial charge on any atom is -0.494 e. The molecule has 1 aromatic carbocycles. The molecule has 1 aromatic rings. The Kier molecular flexibility index (Phi) is 6.02. The zero-order chi connectivity index (χ0) is 20.3. The van der Waals surface area contributed by atoms with Gasteiger partial charge in [0.05, 0.1) is 24.2 Å². The number of benzene rings is 1. The van der Waals surface area contributed by atoms with Crippen LogP contribution in [0.4, 0.5) is 0 Å². The third-order valence-electron chi connectivity index (χ3n) is 4.86. The lowest BCUT2D eigenvalue weighted by Crippen LogP contribution is -2.44. The van der Waals surface area contributed by atoms with E-state index in [2.05, 4.69) is 5.10 Å². The van der Waals surface area contributed by atoms with E-state index in [0.717, 1.165) is 11.3 Å². The summed E-state index contributed by atoms with van der Waals surface area (Å²) in [6, 6.07) is 7.04. The summed E-state index contributed by atoms with van der Waals surface area (Å²) in [4.78, 5) is 26.5. The van der Waals surface area contributed by atoms with Gasteiger partial charge in [0.1, 0.15) is 11.5 Å². The molecule has 9 heteroatoms. The normalized spacial score (nSPS) is 21.4. The molecule has 0 aliphatic carbocycles. The molecule has 2 heterocycles. The SMILES string of the molecule is CCOc1ccc(CN(C)C(=O)C2=NN(C3CCS(=O)(=O)C3)C(=O)CC2)cc1. The van der Waals surface area contributed by atoms with Crippen LogP contribution in [0.25, 0.3) is 0 Å². The Balaban J connectivity index is 1.68. The van der Waals surface area contributed by atoms with E-state index in [1.54, 1.807) is 11.9 Å².